The van der Waals surface area contributed by atoms with Gasteiger partial charge in [0.1, 0.15) is 11.5 Å². The van der Waals surface area contributed by atoms with Gasteiger partial charge in [0.2, 0.25) is 0 Å². The molecule has 19 heavy (non-hydrogen) atoms. The molecular formula is C15H13FNOS. The molecule has 1 radical (unpaired) electrons. The molecule has 2 nitrogen and oxygen atoms in total. The minimum Gasteiger partial charge on any atom is -0.460 e. The molecule has 1 aliphatic rings. The Hall–Kier alpha value is -1.81. The van der Waals surface area contributed by atoms with Crippen LogP contribution >= 0.6 is 11.3 Å². The van der Waals surface area contributed by atoms with Crippen LogP contribution in [-0.4, -0.2) is 11.4 Å². The molecule has 1 atom stereocenters. The Bertz CT molecular complexity index is 577. The van der Waals surface area contributed by atoms with Gasteiger partial charge in [0.15, 0.2) is 12.5 Å². The minimum atomic E-state index is -0.236. The van der Waals surface area contributed by atoms with Crippen molar-refractivity contribution in [3.63, 3.8) is 0 Å². The SMILES string of the molecule is CCN1C(c2cccs2)=[C]OC1c1ccc(F)cc1. The van der Waals surface area contributed by atoms with Gasteiger partial charge in [-0.3, -0.25) is 0 Å². The van der Waals surface area contributed by atoms with Gasteiger partial charge in [-0.1, -0.05) is 18.2 Å². The lowest BCUT2D eigenvalue weighted by molar-refractivity contribution is 0.0544. The van der Waals surface area contributed by atoms with E-state index in [4.69, 9.17) is 4.74 Å². The quantitative estimate of drug-likeness (QED) is 0.837. The fourth-order valence-corrected chi connectivity index (χ4v) is 2.89. The summed E-state index contributed by atoms with van der Waals surface area (Å²) in [6, 6.07) is 10.5. The molecule has 4 heteroatoms. The number of thiophene rings is 1. The maximum Gasteiger partial charge on any atom is 0.199 e. The summed E-state index contributed by atoms with van der Waals surface area (Å²) in [5.74, 6) is -0.236. The molecule has 1 aliphatic heterocycles. The van der Waals surface area contributed by atoms with Crippen molar-refractivity contribution in [1.82, 2.24) is 4.90 Å². The highest BCUT2D eigenvalue weighted by atomic mass is 32.1. The fourth-order valence-electron chi connectivity index (χ4n) is 2.16. The van der Waals surface area contributed by atoms with Crippen LogP contribution < -0.4 is 0 Å². The van der Waals surface area contributed by atoms with E-state index in [0.29, 0.717) is 0 Å². The molecule has 1 aromatic heterocycles. The molecule has 0 N–H and O–H groups in total. The molecule has 2 aromatic rings. The van der Waals surface area contributed by atoms with Crippen molar-refractivity contribution >= 4 is 17.0 Å². The second kappa shape index (κ2) is 5.05. The predicted molar refractivity (Wildman–Crippen MR) is 73.6 cm³/mol. The van der Waals surface area contributed by atoms with Crippen LogP contribution in [0.15, 0.2) is 41.8 Å². The Morgan fingerprint density at radius 2 is 2.11 bits per heavy atom. The summed E-state index contributed by atoms with van der Waals surface area (Å²) in [4.78, 5) is 3.26. The first-order valence-corrected chi connectivity index (χ1v) is 7.02. The number of benzene rings is 1. The topological polar surface area (TPSA) is 12.5 Å². The molecule has 0 saturated heterocycles. The van der Waals surface area contributed by atoms with E-state index >= 15 is 0 Å². The summed E-state index contributed by atoms with van der Waals surface area (Å²) >= 11 is 1.66. The highest BCUT2D eigenvalue weighted by Crippen LogP contribution is 2.37. The average molecular weight is 274 g/mol. The summed E-state index contributed by atoms with van der Waals surface area (Å²) in [5, 5.41) is 2.03. The number of ether oxygens (including phenoxy) is 1. The first-order chi connectivity index (χ1) is 9.29. The van der Waals surface area contributed by atoms with Crippen molar-refractivity contribution in [2.75, 3.05) is 6.54 Å². The van der Waals surface area contributed by atoms with E-state index in [1.165, 1.54) is 12.1 Å². The van der Waals surface area contributed by atoms with Crippen molar-refractivity contribution in [1.29, 1.82) is 0 Å². The Balaban J connectivity index is 1.88. The van der Waals surface area contributed by atoms with Gasteiger partial charge in [-0.05, 0) is 30.5 Å². The first-order valence-electron chi connectivity index (χ1n) is 6.14. The number of nitrogens with zero attached hydrogens (tertiary/aromatic N) is 1. The van der Waals surface area contributed by atoms with Crippen LogP contribution in [0.2, 0.25) is 0 Å². The standard InChI is InChI=1S/C15H13FNOS/c1-2-17-13(14-4-3-9-19-14)10-18-15(17)11-5-7-12(16)8-6-11/h3-9,15H,2H2,1H3. The van der Waals surface area contributed by atoms with Crippen LogP contribution in [0.4, 0.5) is 4.39 Å². The van der Waals surface area contributed by atoms with Crippen molar-refractivity contribution in [3.05, 3.63) is 64.3 Å². The molecule has 1 unspecified atom stereocenters. The van der Waals surface area contributed by atoms with Gasteiger partial charge in [-0.15, -0.1) is 11.3 Å². The molecule has 0 aliphatic carbocycles. The Labute approximate surface area is 115 Å². The van der Waals surface area contributed by atoms with Gasteiger partial charge in [-0.25, -0.2) is 4.39 Å². The van der Waals surface area contributed by atoms with Gasteiger partial charge in [0.25, 0.3) is 0 Å². The van der Waals surface area contributed by atoms with Gasteiger partial charge in [0.05, 0.1) is 4.88 Å². The number of hydrogen-bond donors (Lipinski definition) is 0. The number of rotatable bonds is 3. The van der Waals surface area contributed by atoms with E-state index in [2.05, 4.69) is 18.1 Å². The molecular weight excluding hydrogens is 261 g/mol. The minimum absolute atomic E-state index is 0.220. The van der Waals surface area contributed by atoms with Gasteiger partial charge >= 0.3 is 0 Å². The Morgan fingerprint density at radius 3 is 2.74 bits per heavy atom. The zero-order valence-corrected chi connectivity index (χ0v) is 11.3. The fraction of sp³-hybridized carbons (Fsp3) is 0.200. The second-order valence-corrected chi connectivity index (χ2v) is 5.18. The van der Waals surface area contributed by atoms with Gasteiger partial charge < -0.3 is 9.64 Å². The maximum absolute atomic E-state index is 13.0. The highest BCUT2D eigenvalue weighted by Gasteiger charge is 2.29. The van der Waals surface area contributed by atoms with E-state index in [-0.39, 0.29) is 12.0 Å². The Kier molecular flexibility index (Phi) is 3.25. The van der Waals surface area contributed by atoms with Crippen LogP contribution in [0.3, 0.4) is 0 Å². The molecule has 0 bridgehead atoms. The molecule has 2 heterocycles. The van der Waals surface area contributed by atoms with E-state index in [1.54, 1.807) is 23.5 Å². The van der Waals surface area contributed by atoms with Crippen molar-refractivity contribution in [2.24, 2.45) is 0 Å². The smallest absolute Gasteiger partial charge is 0.199 e. The van der Waals surface area contributed by atoms with Crippen LogP contribution in [0.1, 0.15) is 23.6 Å². The van der Waals surface area contributed by atoms with Crippen LogP contribution in [0.25, 0.3) is 5.70 Å². The van der Waals surface area contributed by atoms with E-state index in [0.717, 1.165) is 22.7 Å². The highest BCUT2D eigenvalue weighted by molar-refractivity contribution is 7.11. The zero-order valence-electron chi connectivity index (χ0n) is 10.5. The normalized spacial score (nSPS) is 18.3. The lowest BCUT2D eigenvalue weighted by Crippen LogP contribution is -2.23. The molecule has 0 fully saturated rings. The molecule has 3 rings (SSSR count). The summed E-state index contributed by atoms with van der Waals surface area (Å²) in [6.45, 7) is 2.88. The van der Waals surface area contributed by atoms with E-state index < -0.39 is 0 Å². The van der Waals surface area contributed by atoms with Crippen LogP contribution in [-0.2, 0) is 4.74 Å². The van der Waals surface area contributed by atoms with E-state index in [1.807, 2.05) is 17.5 Å². The van der Waals surface area contributed by atoms with Crippen molar-refractivity contribution < 1.29 is 9.13 Å². The van der Waals surface area contributed by atoms with Gasteiger partial charge in [-0.2, -0.15) is 0 Å². The van der Waals surface area contributed by atoms with Crippen LogP contribution in [0.5, 0.6) is 0 Å². The third kappa shape index (κ3) is 2.24. The average Bonchev–Trinajstić information content (AvgIpc) is 3.08. The summed E-state index contributed by atoms with van der Waals surface area (Å²) < 4.78 is 18.6. The second-order valence-electron chi connectivity index (χ2n) is 4.24. The van der Waals surface area contributed by atoms with Crippen molar-refractivity contribution in [3.8, 4) is 0 Å². The third-order valence-corrected chi connectivity index (χ3v) is 3.96. The van der Waals surface area contributed by atoms with Crippen LogP contribution in [0, 0.1) is 12.1 Å². The summed E-state index contributed by atoms with van der Waals surface area (Å²) in [7, 11) is 0. The molecule has 0 saturated carbocycles. The monoisotopic (exact) mass is 274 g/mol. The lowest BCUT2D eigenvalue weighted by Gasteiger charge is -2.26. The molecule has 97 valence electrons. The number of halogens is 1. The largest absolute Gasteiger partial charge is 0.460 e. The first kappa shape index (κ1) is 12.2. The maximum atomic E-state index is 13.0. The summed E-state index contributed by atoms with van der Waals surface area (Å²) in [5.41, 5.74) is 1.90. The van der Waals surface area contributed by atoms with Crippen molar-refractivity contribution in [2.45, 2.75) is 13.2 Å². The van der Waals surface area contributed by atoms with Gasteiger partial charge in [0, 0.05) is 12.1 Å². The predicted octanol–water partition coefficient (Wildman–Crippen LogP) is 4.04. The lowest BCUT2D eigenvalue weighted by atomic mass is 10.1. The van der Waals surface area contributed by atoms with E-state index in [9.17, 15) is 4.39 Å². The summed E-state index contributed by atoms with van der Waals surface area (Å²) in [6.07, 6.45) is 2.76. The zero-order chi connectivity index (χ0) is 13.2. The molecule has 0 amide bonds. The molecule has 1 aromatic carbocycles. The molecule has 0 spiro atoms. The third-order valence-electron chi connectivity index (χ3n) is 3.09. The Morgan fingerprint density at radius 1 is 1.32 bits per heavy atom. The number of hydrogen-bond acceptors (Lipinski definition) is 3.